The van der Waals surface area contributed by atoms with Crippen LogP contribution in [0.25, 0.3) is 12.2 Å². The molecule has 84 valence electrons. The molecule has 2 rings (SSSR count). The lowest BCUT2D eigenvalue weighted by Crippen LogP contribution is -2.51. The summed E-state index contributed by atoms with van der Waals surface area (Å²) in [5.74, 6) is 0. The Bertz CT molecular complexity index is 439. The Morgan fingerprint density at radius 1 is 1.19 bits per heavy atom. The van der Waals surface area contributed by atoms with Crippen LogP contribution in [-0.4, -0.2) is 0 Å². The van der Waals surface area contributed by atoms with Crippen molar-refractivity contribution in [3.63, 3.8) is 0 Å². The van der Waals surface area contributed by atoms with Crippen LogP contribution < -0.4 is 4.57 Å². The van der Waals surface area contributed by atoms with Crippen LogP contribution >= 0.6 is 0 Å². The quantitative estimate of drug-likeness (QED) is 0.663. The van der Waals surface area contributed by atoms with Gasteiger partial charge in [-0.25, -0.2) is 0 Å². The monoisotopic (exact) mass is 214 g/mol. The minimum Gasteiger partial charge on any atom is -0.200 e. The lowest BCUT2D eigenvalue weighted by molar-refractivity contribution is -0.758. The minimum atomic E-state index is 0.193. The summed E-state index contributed by atoms with van der Waals surface area (Å²) in [5, 5.41) is 0. The smallest absolute Gasteiger partial charge is 0.177 e. The number of hydrogen-bond donors (Lipinski definition) is 0. The normalized spacial score (nSPS) is 14.7. The van der Waals surface area contributed by atoms with Gasteiger partial charge in [-0.15, -0.1) is 0 Å². The summed E-state index contributed by atoms with van der Waals surface area (Å²) < 4.78 is 2.31. The Morgan fingerprint density at radius 3 is 2.56 bits per heavy atom. The maximum atomic E-state index is 2.31. The average molecular weight is 214 g/mol. The fourth-order valence-electron chi connectivity index (χ4n) is 1.84. The Labute approximate surface area is 98.1 Å². The molecular weight excluding hydrogens is 194 g/mol. The number of allylic oxidation sites excluding steroid dienone is 2. The summed E-state index contributed by atoms with van der Waals surface area (Å²) in [6.45, 7) is 6.78. The molecule has 1 heteroatoms. The largest absolute Gasteiger partial charge is 0.200 e. The summed E-state index contributed by atoms with van der Waals surface area (Å²) in [7, 11) is 0. The van der Waals surface area contributed by atoms with E-state index in [-0.39, 0.29) is 5.54 Å². The zero-order valence-corrected chi connectivity index (χ0v) is 10.4. The van der Waals surface area contributed by atoms with Crippen LogP contribution in [0.5, 0.6) is 0 Å². The van der Waals surface area contributed by atoms with E-state index in [1.165, 1.54) is 11.1 Å². The molecule has 0 saturated carbocycles. The molecule has 0 aliphatic heterocycles. The Kier molecular flexibility index (Phi) is 2.95. The molecule has 1 nitrogen and oxygen atoms in total. The van der Waals surface area contributed by atoms with E-state index in [9.17, 15) is 0 Å². The fraction of sp³-hybridized carbons (Fsp3) is 0.400. The van der Waals surface area contributed by atoms with Gasteiger partial charge in [0.2, 0.25) is 0 Å². The van der Waals surface area contributed by atoms with E-state index in [2.05, 4.69) is 68.1 Å². The standard InChI is InChI=1S/C15H20N/c1-4-15(2,3)16-11-10-13-8-6-5-7-9-14(13)12-16/h6-12H,4-5H2,1-3H3/q+1. The molecular formula is C15H20N+. The zero-order chi connectivity index (χ0) is 11.6. The molecule has 1 aliphatic rings. The third kappa shape index (κ3) is 2.08. The van der Waals surface area contributed by atoms with Crippen molar-refractivity contribution in [1.82, 2.24) is 0 Å². The van der Waals surface area contributed by atoms with Gasteiger partial charge in [0.05, 0.1) is 0 Å². The predicted molar refractivity (Wildman–Crippen MR) is 68.9 cm³/mol. The number of pyridine rings is 1. The van der Waals surface area contributed by atoms with Crippen LogP contribution in [0.1, 0.15) is 44.7 Å². The minimum absolute atomic E-state index is 0.193. The first-order valence-electron chi connectivity index (χ1n) is 6.02. The molecule has 16 heavy (non-hydrogen) atoms. The molecule has 1 heterocycles. The lowest BCUT2D eigenvalue weighted by Gasteiger charge is -2.17. The Balaban J connectivity index is 2.47. The van der Waals surface area contributed by atoms with Gasteiger partial charge in [-0.3, -0.25) is 0 Å². The van der Waals surface area contributed by atoms with E-state index in [1.54, 1.807) is 0 Å². The maximum absolute atomic E-state index is 2.31. The molecule has 0 amide bonds. The van der Waals surface area contributed by atoms with Crippen molar-refractivity contribution in [3.05, 3.63) is 41.7 Å². The first kappa shape index (κ1) is 11.1. The lowest BCUT2D eigenvalue weighted by atomic mass is 10.0. The van der Waals surface area contributed by atoms with Crippen LogP contribution in [0.3, 0.4) is 0 Å². The van der Waals surface area contributed by atoms with Gasteiger partial charge in [0.15, 0.2) is 17.9 Å². The number of hydrogen-bond acceptors (Lipinski definition) is 0. The molecule has 1 aromatic heterocycles. The highest BCUT2D eigenvalue weighted by molar-refractivity contribution is 5.65. The van der Waals surface area contributed by atoms with E-state index < -0.39 is 0 Å². The van der Waals surface area contributed by atoms with E-state index >= 15 is 0 Å². The van der Waals surface area contributed by atoms with Gasteiger partial charge in [-0.2, -0.15) is 4.57 Å². The predicted octanol–water partition coefficient (Wildman–Crippen LogP) is 3.55. The molecule has 0 unspecified atom stereocenters. The number of aromatic nitrogens is 1. The highest BCUT2D eigenvalue weighted by Crippen LogP contribution is 2.17. The van der Waals surface area contributed by atoms with E-state index in [4.69, 9.17) is 0 Å². The third-order valence-corrected chi connectivity index (χ3v) is 3.46. The van der Waals surface area contributed by atoms with Crippen molar-refractivity contribution in [2.75, 3.05) is 0 Å². The van der Waals surface area contributed by atoms with Crippen LogP contribution in [0.15, 0.2) is 30.6 Å². The summed E-state index contributed by atoms with van der Waals surface area (Å²) in [6.07, 6.45) is 15.5. The molecule has 0 bridgehead atoms. The average Bonchev–Trinajstić information content (AvgIpc) is 2.53. The fourth-order valence-corrected chi connectivity index (χ4v) is 1.84. The van der Waals surface area contributed by atoms with Crippen molar-refractivity contribution in [1.29, 1.82) is 0 Å². The second kappa shape index (κ2) is 4.25. The molecule has 0 fully saturated rings. The van der Waals surface area contributed by atoms with E-state index in [0.717, 1.165) is 12.8 Å². The van der Waals surface area contributed by atoms with Crippen LogP contribution in [0, 0.1) is 0 Å². The van der Waals surface area contributed by atoms with Gasteiger partial charge in [0.25, 0.3) is 0 Å². The molecule has 0 radical (unpaired) electrons. The van der Waals surface area contributed by atoms with Crippen molar-refractivity contribution >= 4 is 12.2 Å². The second-order valence-electron chi connectivity index (χ2n) is 4.97. The third-order valence-electron chi connectivity index (χ3n) is 3.46. The van der Waals surface area contributed by atoms with Crippen LogP contribution in [0.2, 0.25) is 0 Å². The summed E-state index contributed by atoms with van der Waals surface area (Å²) >= 11 is 0. The van der Waals surface area contributed by atoms with Crippen LogP contribution in [0.4, 0.5) is 0 Å². The van der Waals surface area contributed by atoms with Crippen molar-refractivity contribution in [2.45, 2.75) is 39.2 Å². The van der Waals surface area contributed by atoms with E-state index in [0.29, 0.717) is 0 Å². The maximum Gasteiger partial charge on any atom is 0.177 e. The first-order chi connectivity index (χ1) is 7.63. The highest BCUT2D eigenvalue weighted by Gasteiger charge is 2.25. The van der Waals surface area contributed by atoms with Gasteiger partial charge < -0.3 is 0 Å². The molecule has 0 aromatic carbocycles. The van der Waals surface area contributed by atoms with Crippen LogP contribution in [-0.2, 0) is 5.54 Å². The molecule has 0 saturated heterocycles. The van der Waals surface area contributed by atoms with Crippen molar-refractivity contribution in [2.24, 2.45) is 0 Å². The summed E-state index contributed by atoms with van der Waals surface area (Å²) in [6, 6.07) is 2.21. The molecule has 0 atom stereocenters. The first-order valence-corrected chi connectivity index (χ1v) is 6.02. The Hall–Kier alpha value is -1.37. The van der Waals surface area contributed by atoms with Gasteiger partial charge in [-0.05, 0) is 12.0 Å². The molecule has 1 aromatic rings. The highest BCUT2D eigenvalue weighted by atomic mass is 15.0. The number of fused-ring (bicyclic) bond motifs is 1. The topological polar surface area (TPSA) is 3.88 Å². The van der Waals surface area contributed by atoms with E-state index in [1.807, 2.05) is 0 Å². The zero-order valence-electron chi connectivity index (χ0n) is 10.4. The summed E-state index contributed by atoms with van der Waals surface area (Å²) in [5.41, 5.74) is 2.83. The second-order valence-corrected chi connectivity index (χ2v) is 4.97. The number of nitrogens with zero attached hydrogens (tertiary/aromatic N) is 1. The van der Waals surface area contributed by atoms with Gasteiger partial charge in [0.1, 0.15) is 0 Å². The number of rotatable bonds is 2. The van der Waals surface area contributed by atoms with Gasteiger partial charge in [0, 0.05) is 31.9 Å². The molecule has 0 spiro atoms. The molecule has 0 N–H and O–H groups in total. The van der Waals surface area contributed by atoms with Crippen molar-refractivity contribution in [3.8, 4) is 0 Å². The van der Waals surface area contributed by atoms with Gasteiger partial charge in [-0.1, -0.05) is 31.2 Å². The molecule has 1 aliphatic carbocycles. The Morgan fingerprint density at radius 2 is 1.88 bits per heavy atom. The van der Waals surface area contributed by atoms with Crippen molar-refractivity contribution < 1.29 is 4.57 Å². The summed E-state index contributed by atoms with van der Waals surface area (Å²) in [4.78, 5) is 0. The van der Waals surface area contributed by atoms with Gasteiger partial charge >= 0.3 is 0 Å². The SMILES string of the molecule is CCC(C)(C)[n+]1ccc2c(c1)C=CCC=C2.